The number of urea groups is 2. The second kappa shape index (κ2) is 9.02. The zero-order valence-corrected chi connectivity index (χ0v) is 12.7. The number of nitrogens with one attached hydrogen (secondary N) is 2. The Morgan fingerprint density at radius 2 is 2.05 bits per heavy atom. The third-order valence-electron chi connectivity index (χ3n) is 2.81. The van der Waals surface area contributed by atoms with Crippen molar-refractivity contribution in [3.8, 4) is 0 Å². The van der Waals surface area contributed by atoms with E-state index < -0.39 is 12.1 Å². The normalized spacial score (nSPS) is 12.1. The standard InChI is InChI=1S/C13H18ClN5O2/c1-3-9(2)10-4-5-11(16-8-10)17-13(21)19-18-12(20)15-7-6-14/h4-5,8-9H,3,6-7H2,1-2H3,(H,15,20)(H,16,17,21)/b19-18+. The average molecular weight is 312 g/mol. The molecule has 8 heteroatoms. The lowest BCUT2D eigenvalue weighted by molar-refractivity contribution is 0.245. The predicted octanol–water partition coefficient (Wildman–Crippen LogP) is 3.53. The van der Waals surface area contributed by atoms with Crippen molar-refractivity contribution in [3.05, 3.63) is 23.9 Å². The maximum absolute atomic E-state index is 11.4. The van der Waals surface area contributed by atoms with Gasteiger partial charge >= 0.3 is 12.1 Å². The summed E-state index contributed by atoms with van der Waals surface area (Å²) >= 11 is 5.39. The highest BCUT2D eigenvalue weighted by atomic mass is 35.5. The van der Waals surface area contributed by atoms with Gasteiger partial charge in [-0.3, -0.25) is 5.32 Å². The molecule has 1 aromatic heterocycles. The Bertz CT molecular complexity index is 504. The van der Waals surface area contributed by atoms with Crippen LogP contribution in [0, 0.1) is 0 Å². The van der Waals surface area contributed by atoms with Gasteiger partial charge in [0.15, 0.2) is 0 Å². The molecule has 0 bridgehead atoms. The summed E-state index contributed by atoms with van der Waals surface area (Å²) in [6.45, 7) is 4.46. The van der Waals surface area contributed by atoms with Gasteiger partial charge in [-0.2, -0.15) is 0 Å². The molecule has 1 rings (SSSR count). The van der Waals surface area contributed by atoms with E-state index in [9.17, 15) is 9.59 Å². The molecule has 0 spiro atoms. The van der Waals surface area contributed by atoms with Gasteiger partial charge in [0.05, 0.1) is 0 Å². The number of amides is 4. The zero-order valence-electron chi connectivity index (χ0n) is 12.0. The molecule has 0 aliphatic rings. The van der Waals surface area contributed by atoms with Crippen LogP contribution in [-0.4, -0.2) is 29.5 Å². The molecular weight excluding hydrogens is 294 g/mol. The van der Waals surface area contributed by atoms with Crippen LogP contribution in [0.2, 0.25) is 0 Å². The first-order valence-corrected chi connectivity index (χ1v) is 7.12. The number of aromatic nitrogens is 1. The van der Waals surface area contributed by atoms with Crippen LogP contribution in [-0.2, 0) is 0 Å². The van der Waals surface area contributed by atoms with E-state index >= 15 is 0 Å². The molecular formula is C13H18ClN5O2. The maximum Gasteiger partial charge on any atom is 0.365 e. The van der Waals surface area contributed by atoms with Gasteiger partial charge in [0.2, 0.25) is 0 Å². The highest BCUT2D eigenvalue weighted by Gasteiger charge is 2.06. The Labute approximate surface area is 128 Å². The molecule has 4 amide bonds. The third kappa shape index (κ3) is 6.31. The molecule has 0 aromatic carbocycles. The first-order chi connectivity index (χ1) is 10.1. The molecule has 2 N–H and O–H groups in total. The van der Waals surface area contributed by atoms with Gasteiger partial charge in [0, 0.05) is 18.6 Å². The van der Waals surface area contributed by atoms with E-state index in [0.29, 0.717) is 11.7 Å². The Kier molecular flexibility index (Phi) is 7.31. The minimum absolute atomic E-state index is 0.264. The molecule has 1 atom stereocenters. The number of azo groups is 1. The molecule has 0 aliphatic heterocycles. The van der Waals surface area contributed by atoms with E-state index in [-0.39, 0.29) is 12.4 Å². The number of anilines is 1. The van der Waals surface area contributed by atoms with Crippen LogP contribution in [0.3, 0.4) is 0 Å². The maximum atomic E-state index is 11.4. The summed E-state index contributed by atoms with van der Waals surface area (Å²) in [7, 11) is 0. The summed E-state index contributed by atoms with van der Waals surface area (Å²) < 4.78 is 0. The topological polar surface area (TPSA) is 95.8 Å². The van der Waals surface area contributed by atoms with Crippen LogP contribution in [0.15, 0.2) is 28.6 Å². The van der Waals surface area contributed by atoms with Crippen LogP contribution in [0.5, 0.6) is 0 Å². The minimum atomic E-state index is -0.764. The highest BCUT2D eigenvalue weighted by Crippen LogP contribution is 2.18. The monoisotopic (exact) mass is 311 g/mol. The van der Waals surface area contributed by atoms with E-state index in [0.717, 1.165) is 12.0 Å². The molecule has 0 radical (unpaired) electrons. The van der Waals surface area contributed by atoms with Gasteiger partial charge in [0.25, 0.3) is 0 Å². The second-order valence-electron chi connectivity index (χ2n) is 4.34. The lowest BCUT2D eigenvalue weighted by atomic mass is 10.0. The van der Waals surface area contributed by atoms with Crippen molar-refractivity contribution in [3.63, 3.8) is 0 Å². The summed E-state index contributed by atoms with van der Waals surface area (Å²) in [5.74, 6) is 1.03. The first kappa shape index (κ1) is 17.0. The predicted molar refractivity (Wildman–Crippen MR) is 80.9 cm³/mol. The Morgan fingerprint density at radius 3 is 2.62 bits per heavy atom. The number of hydrogen-bond acceptors (Lipinski definition) is 3. The van der Waals surface area contributed by atoms with Crippen molar-refractivity contribution >= 4 is 29.5 Å². The van der Waals surface area contributed by atoms with Crippen LogP contribution in [0.4, 0.5) is 15.4 Å². The van der Waals surface area contributed by atoms with Gasteiger partial charge in [0.1, 0.15) is 5.82 Å². The van der Waals surface area contributed by atoms with Crippen molar-refractivity contribution < 1.29 is 9.59 Å². The summed E-state index contributed by atoms with van der Waals surface area (Å²) in [4.78, 5) is 26.6. The summed E-state index contributed by atoms with van der Waals surface area (Å²) in [6, 6.07) is 2.09. The minimum Gasteiger partial charge on any atom is -0.334 e. The number of rotatable bonds is 5. The summed E-state index contributed by atoms with van der Waals surface area (Å²) in [6.07, 6.45) is 2.72. The molecule has 21 heavy (non-hydrogen) atoms. The van der Waals surface area contributed by atoms with Crippen LogP contribution in [0.1, 0.15) is 31.7 Å². The molecule has 114 valence electrons. The Hall–Kier alpha value is -2.02. The highest BCUT2D eigenvalue weighted by molar-refractivity contribution is 6.18. The van der Waals surface area contributed by atoms with Gasteiger partial charge in [-0.25, -0.2) is 14.6 Å². The number of carbonyl (C=O) groups excluding carboxylic acids is 2. The van der Waals surface area contributed by atoms with E-state index in [2.05, 4.69) is 39.7 Å². The van der Waals surface area contributed by atoms with E-state index in [1.807, 2.05) is 6.07 Å². The van der Waals surface area contributed by atoms with Gasteiger partial charge in [-0.05, 0) is 24.0 Å². The van der Waals surface area contributed by atoms with Crippen LogP contribution in [0.25, 0.3) is 0 Å². The first-order valence-electron chi connectivity index (χ1n) is 6.59. The van der Waals surface area contributed by atoms with E-state index in [4.69, 9.17) is 11.6 Å². The van der Waals surface area contributed by atoms with E-state index in [1.165, 1.54) is 0 Å². The molecule has 0 saturated carbocycles. The van der Waals surface area contributed by atoms with Crippen molar-refractivity contribution in [2.24, 2.45) is 10.2 Å². The van der Waals surface area contributed by atoms with Gasteiger partial charge in [-0.15, -0.1) is 11.6 Å². The molecule has 1 heterocycles. The van der Waals surface area contributed by atoms with Crippen LogP contribution < -0.4 is 10.6 Å². The number of alkyl halides is 1. The molecule has 1 aromatic rings. The van der Waals surface area contributed by atoms with Crippen molar-refractivity contribution in [1.29, 1.82) is 0 Å². The lowest BCUT2D eigenvalue weighted by Gasteiger charge is -2.08. The van der Waals surface area contributed by atoms with Gasteiger partial charge in [-0.1, -0.05) is 30.1 Å². The number of nitrogens with zero attached hydrogens (tertiary/aromatic N) is 3. The Balaban J connectivity index is 2.51. The number of pyridine rings is 1. The largest absolute Gasteiger partial charge is 0.365 e. The van der Waals surface area contributed by atoms with Crippen LogP contribution >= 0.6 is 11.6 Å². The van der Waals surface area contributed by atoms with Gasteiger partial charge < -0.3 is 5.32 Å². The Morgan fingerprint density at radius 1 is 1.33 bits per heavy atom. The molecule has 1 unspecified atom stereocenters. The van der Waals surface area contributed by atoms with E-state index in [1.54, 1.807) is 12.3 Å². The average Bonchev–Trinajstić information content (AvgIpc) is 2.50. The zero-order chi connectivity index (χ0) is 15.7. The number of hydrogen-bond donors (Lipinski definition) is 2. The van der Waals surface area contributed by atoms with Crippen molar-refractivity contribution in [2.75, 3.05) is 17.7 Å². The fourth-order valence-corrected chi connectivity index (χ4v) is 1.52. The third-order valence-corrected chi connectivity index (χ3v) is 2.99. The second-order valence-corrected chi connectivity index (χ2v) is 4.72. The number of halogens is 1. The van der Waals surface area contributed by atoms with Crippen molar-refractivity contribution in [1.82, 2.24) is 10.3 Å². The smallest absolute Gasteiger partial charge is 0.334 e. The molecule has 0 aliphatic carbocycles. The molecule has 0 fully saturated rings. The fraction of sp³-hybridized carbons (Fsp3) is 0.462. The van der Waals surface area contributed by atoms with Crippen molar-refractivity contribution in [2.45, 2.75) is 26.2 Å². The molecule has 7 nitrogen and oxygen atoms in total. The fourth-order valence-electron chi connectivity index (χ4n) is 1.42. The number of carbonyl (C=O) groups is 2. The quantitative estimate of drug-likeness (QED) is 0.643. The molecule has 0 saturated heterocycles. The summed E-state index contributed by atoms with van der Waals surface area (Å²) in [5, 5.41) is 11.2. The SMILES string of the molecule is CCC(C)c1ccc(NC(=O)/N=N/C(=O)NCCCl)nc1. The summed E-state index contributed by atoms with van der Waals surface area (Å²) in [5.41, 5.74) is 1.09. The lowest BCUT2D eigenvalue weighted by Crippen LogP contribution is -2.21.